The lowest BCUT2D eigenvalue weighted by atomic mass is 9.89. The summed E-state index contributed by atoms with van der Waals surface area (Å²) >= 11 is 2.59. The summed E-state index contributed by atoms with van der Waals surface area (Å²) < 4.78 is 24.8. The van der Waals surface area contributed by atoms with Crippen molar-refractivity contribution in [3.05, 3.63) is 76.9 Å². The SMILES string of the molecule is COc1cc(CC(C(=O)c2ccc(SC)cc2)=C(C(=O)O)c2ccc3nsnc3c2)cc(OC)c1OC. The molecule has 0 aliphatic carbocycles. The number of carbonyl (C=O) groups is 2. The predicted octanol–water partition coefficient (Wildman–Crippen LogP) is 5.40. The number of methoxy groups -OCH3 is 3. The number of ketones is 1. The molecule has 8 nitrogen and oxygen atoms in total. The molecule has 0 saturated carbocycles. The highest BCUT2D eigenvalue weighted by atomic mass is 32.2. The third kappa shape index (κ3) is 5.45. The van der Waals surface area contributed by atoms with Gasteiger partial charge in [0.1, 0.15) is 11.0 Å². The first-order valence-electron chi connectivity index (χ1n) is 11.1. The van der Waals surface area contributed by atoms with Gasteiger partial charge in [0.15, 0.2) is 17.3 Å². The molecule has 3 aromatic carbocycles. The first-order chi connectivity index (χ1) is 17.9. The number of aromatic nitrogens is 2. The summed E-state index contributed by atoms with van der Waals surface area (Å²) in [6.07, 6.45) is 1.95. The Balaban J connectivity index is 1.93. The maximum absolute atomic E-state index is 13.9. The molecule has 1 heterocycles. The van der Waals surface area contributed by atoms with Gasteiger partial charge in [0.25, 0.3) is 0 Å². The van der Waals surface area contributed by atoms with E-state index in [9.17, 15) is 14.7 Å². The van der Waals surface area contributed by atoms with Crippen LogP contribution in [0.2, 0.25) is 0 Å². The molecule has 1 aromatic heterocycles. The molecule has 1 N–H and O–H groups in total. The van der Waals surface area contributed by atoms with Crippen LogP contribution >= 0.6 is 23.5 Å². The topological polar surface area (TPSA) is 108 Å². The van der Waals surface area contributed by atoms with Crippen LogP contribution in [0.4, 0.5) is 0 Å². The van der Waals surface area contributed by atoms with Crippen molar-refractivity contribution < 1.29 is 28.9 Å². The fourth-order valence-electron chi connectivity index (χ4n) is 4.00. The van der Waals surface area contributed by atoms with Gasteiger partial charge in [-0.05, 0) is 65.9 Å². The fraction of sp³-hybridized carbons (Fsp3) is 0.185. The molecule has 0 aliphatic heterocycles. The number of carbonyl (C=O) groups excluding carboxylic acids is 1. The third-order valence-corrected chi connectivity index (χ3v) is 7.09. The van der Waals surface area contributed by atoms with E-state index in [2.05, 4.69) is 8.75 Å². The molecule has 0 fully saturated rings. The Morgan fingerprint density at radius 1 is 0.865 bits per heavy atom. The second-order valence-electron chi connectivity index (χ2n) is 7.89. The largest absolute Gasteiger partial charge is 0.493 e. The average Bonchev–Trinajstić information content (AvgIpc) is 3.39. The second-order valence-corrected chi connectivity index (χ2v) is 9.30. The number of hydrogen-bond acceptors (Lipinski definition) is 9. The molecule has 0 unspecified atom stereocenters. The van der Waals surface area contributed by atoms with Crippen molar-refractivity contribution in [2.24, 2.45) is 0 Å². The lowest BCUT2D eigenvalue weighted by Gasteiger charge is -2.17. The number of hydrogen-bond donors (Lipinski definition) is 1. The number of rotatable bonds is 10. The number of aliphatic carboxylic acids is 1. The fourth-order valence-corrected chi connectivity index (χ4v) is 4.93. The molecule has 0 saturated heterocycles. The monoisotopic (exact) mass is 536 g/mol. The Hall–Kier alpha value is -3.89. The molecule has 10 heteroatoms. The van der Waals surface area contributed by atoms with Crippen molar-refractivity contribution in [1.29, 1.82) is 0 Å². The van der Waals surface area contributed by atoms with Gasteiger partial charge in [-0.3, -0.25) is 4.79 Å². The number of benzene rings is 3. The van der Waals surface area contributed by atoms with E-state index in [0.717, 1.165) is 16.6 Å². The molecular weight excluding hydrogens is 512 g/mol. The first-order valence-corrected chi connectivity index (χ1v) is 13.0. The van der Waals surface area contributed by atoms with Crippen molar-refractivity contribution in [1.82, 2.24) is 8.75 Å². The lowest BCUT2D eigenvalue weighted by Crippen LogP contribution is -2.14. The van der Waals surface area contributed by atoms with Crippen molar-refractivity contribution in [3.63, 3.8) is 0 Å². The van der Waals surface area contributed by atoms with Crippen LogP contribution in [0.15, 0.2) is 65.1 Å². The minimum absolute atomic E-state index is 0.00874. The average molecular weight is 537 g/mol. The van der Waals surface area contributed by atoms with Gasteiger partial charge in [-0.1, -0.05) is 6.07 Å². The van der Waals surface area contributed by atoms with E-state index in [1.54, 1.807) is 54.2 Å². The van der Waals surface area contributed by atoms with Crippen LogP contribution in [-0.2, 0) is 11.2 Å². The maximum Gasteiger partial charge on any atom is 0.336 e. The minimum Gasteiger partial charge on any atom is -0.493 e. The number of nitrogens with zero attached hydrogens (tertiary/aromatic N) is 2. The van der Waals surface area contributed by atoms with Crippen LogP contribution in [0.25, 0.3) is 16.6 Å². The normalized spacial score (nSPS) is 11.7. The maximum atomic E-state index is 13.9. The summed E-state index contributed by atoms with van der Waals surface area (Å²) in [4.78, 5) is 27.5. The molecule has 37 heavy (non-hydrogen) atoms. The summed E-state index contributed by atoms with van der Waals surface area (Å²) in [5, 5.41) is 10.3. The number of Topliss-reactive ketones (excluding diaryl/α,β-unsaturated/α-hetero) is 1. The van der Waals surface area contributed by atoms with Gasteiger partial charge in [0, 0.05) is 22.5 Å². The summed E-state index contributed by atoms with van der Waals surface area (Å²) in [5.41, 5.74) is 2.59. The highest BCUT2D eigenvalue weighted by Crippen LogP contribution is 2.39. The van der Waals surface area contributed by atoms with E-state index in [4.69, 9.17) is 14.2 Å². The Bertz CT molecular complexity index is 1470. The number of carboxylic acid groups (broad SMARTS) is 1. The van der Waals surface area contributed by atoms with E-state index in [1.807, 2.05) is 18.4 Å². The molecular formula is C27H24N2O6S2. The van der Waals surface area contributed by atoms with Crippen molar-refractivity contribution in [2.75, 3.05) is 27.6 Å². The van der Waals surface area contributed by atoms with Gasteiger partial charge in [-0.2, -0.15) is 8.75 Å². The second kappa shape index (κ2) is 11.4. The van der Waals surface area contributed by atoms with Gasteiger partial charge >= 0.3 is 5.97 Å². The van der Waals surface area contributed by atoms with Crippen molar-refractivity contribution in [2.45, 2.75) is 11.3 Å². The number of fused-ring (bicyclic) bond motifs is 1. The highest BCUT2D eigenvalue weighted by molar-refractivity contribution is 7.98. The highest BCUT2D eigenvalue weighted by Gasteiger charge is 2.25. The van der Waals surface area contributed by atoms with Crippen LogP contribution < -0.4 is 14.2 Å². The van der Waals surface area contributed by atoms with Crippen LogP contribution in [-0.4, -0.2) is 53.2 Å². The van der Waals surface area contributed by atoms with Gasteiger partial charge in [-0.15, -0.1) is 11.8 Å². The van der Waals surface area contributed by atoms with E-state index in [-0.39, 0.29) is 17.6 Å². The van der Waals surface area contributed by atoms with Gasteiger partial charge < -0.3 is 19.3 Å². The smallest absolute Gasteiger partial charge is 0.336 e. The molecule has 190 valence electrons. The molecule has 0 bridgehead atoms. The summed E-state index contributed by atoms with van der Waals surface area (Å²) in [6, 6.07) is 15.5. The number of thioether (sulfide) groups is 1. The number of carboxylic acids is 1. The predicted molar refractivity (Wildman–Crippen MR) is 144 cm³/mol. The van der Waals surface area contributed by atoms with Crippen molar-refractivity contribution >= 4 is 51.8 Å². The first kappa shape index (κ1) is 26.2. The minimum atomic E-state index is -1.22. The lowest BCUT2D eigenvalue weighted by molar-refractivity contribution is -0.130. The number of ether oxygens (including phenoxy) is 3. The Labute approximate surface area is 222 Å². The molecule has 0 radical (unpaired) electrons. The molecule has 4 rings (SSSR count). The van der Waals surface area contributed by atoms with E-state index in [0.29, 0.717) is 45.0 Å². The van der Waals surface area contributed by atoms with Crippen LogP contribution in [0, 0.1) is 0 Å². The van der Waals surface area contributed by atoms with E-state index < -0.39 is 11.8 Å². The zero-order valence-electron chi connectivity index (χ0n) is 20.6. The Morgan fingerprint density at radius 3 is 2.05 bits per heavy atom. The Morgan fingerprint density at radius 2 is 1.49 bits per heavy atom. The summed E-state index contributed by atoms with van der Waals surface area (Å²) in [6.45, 7) is 0. The molecule has 0 spiro atoms. The quantitative estimate of drug-likeness (QED) is 0.162. The Kier molecular flexibility index (Phi) is 8.10. The van der Waals surface area contributed by atoms with Crippen LogP contribution in [0.1, 0.15) is 21.5 Å². The molecule has 0 aliphatic rings. The van der Waals surface area contributed by atoms with Gasteiger partial charge in [-0.25, -0.2) is 4.79 Å². The van der Waals surface area contributed by atoms with Crippen LogP contribution in [0.5, 0.6) is 17.2 Å². The van der Waals surface area contributed by atoms with Crippen molar-refractivity contribution in [3.8, 4) is 17.2 Å². The zero-order valence-corrected chi connectivity index (χ0v) is 22.2. The van der Waals surface area contributed by atoms with Crippen LogP contribution in [0.3, 0.4) is 0 Å². The third-order valence-electron chi connectivity index (χ3n) is 5.79. The zero-order chi connectivity index (χ0) is 26.5. The molecule has 0 atom stereocenters. The van der Waals surface area contributed by atoms with E-state index in [1.165, 1.54) is 21.3 Å². The van der Waals surface area contributed by atoms with Gasteiger partial charge in [0.05, 0.1) is 38.6 Å². The number of allylic oxidation sites excluding steroid dienone is 1. The molecule has 4 aromatic rings. The summed E-state index contributed by atoms with van der Waals surface area (Å²) in [5.74, 6) is -0.410. The summed E-state index contributed by atoms with van der Waals surface area (Å²) in [7, 11) is 4.49. The standard InChI is InChI=1S/C27H24N2O6S2/c1-33-22-12-15(13-23(34-2)26(22)35-3)11-19(25(30)16-5-8-18(36-4)9-6-16)24(27(31)32)17-7-10-20-21(14-17)29-37-28-20/h5-10,12-14H,11H2,1-4H3,(H,31,32). The molecule has 0 amide bonds. The van der Waals surface area contributed by atoms with Gasteiger partial charge in [0.2, 0.25) is 5.75 Å². The van der Waals surface area contributed by atoms with E-state index >= 15 is 0 Å².